The molecule has 0 aromatic carbocycles. The van der Waals surface area contributed by atoms with Crippen LogP contribution >= 0.6 is 0 Å². The Bertz CT molecular complexity index is 136. The van der Waals surface area contributed by atoms with Crippen LogP contribution in [0.3, 0.4) is 0 Å². The van der Waals surface area contributed by atoms with Crippen molar-refractivity contribution in [3.05, 3.63) is 12.5 Å². The average Bonchev–Trinajstić information content (AvgIpc) is 1.93. The van der Waals surface area contributed by atoms with Gasteiger partial charge in [-0.2, -0.15) is 0 Å². The van der Waals surface area contributed by atoms with Gasteiger partial charge >= 0.3 is 0 Å². The zero-order valence-corrected chi connectivity index (χ0v) is 7.18. The molecule has 1 aliphatic rings. The van der Waals surface area contributed by atoms with Crippen molar-refractivity contribution in [2.24, 2.45) is 11.7 Å². The lowest BCUT2D eigenvalue weighted by atomic mass is 9.89. The van der Waals surface area contributed by atoms with Crippen molar-refractivity contribution >= 4 is 0 Å². The minimum atomic E-state index is 0.337. The predicted molar refractivity (Wildman–Crippen MR) is 45.8 cm³/mol. The third kappa shape index (κ3) is 2.83. The van der Waals surface area contributed by atoms with Gasteiger partial charge in [0.05, 0.1) is 0 Å². The van der Waals surface area contributed by atoms with E-state index in [2.05, 4.69) is 13.5 Å². The van der Waals surface area contributed by atoms with Crippen LogP contribution in [0.15, 0.2) is 12.5 Å². The zero-order chi connectivity index (χ0) is 8.27. The number of hydrogen-bond donors (Lipinski definition) is 1. The van der Waals surface area contributed by atoms with Crippen molar-refractivity contribution in [3.8, 4) is 0 Å². The molecule has 0 aliphatic heterocycles. The van der Waals surface area contributed by atoms with Crippen LogP contribution < -0.4 is 5.73 Å². The van der Waals surface area contributed by atoms with Crippen LogP contribution in [0.2, 0.25) is 0 Å². The van der Waals surface area contributed by atoms with Gasteiger partial charge < -0.3 is 10.5 Å². The van der Waals surface area contributed by atoms with E-state index in [1.54, 1.807) is 0 Å². The van der Waals surface area contributed by atoms with Gasteiger partial charge in [-0.15, -0.1) is 0 Å². The topological polar surface area (TPSA) is 35.2 Å². The number of ether oxygens (including phenoxy) is 1. The fraction of sp³-hybridized carbons (Fsp3) is 0.778. The van der Waals surface area contributed by atoms with Crippen LogP contribution in [-0.2, 0) is 4.74 Å². The highest BCUT2D eigenvalue weighted by molar-refractivity contribution is 4.78. The summed E-state index contributed by atoms with van der Waals surface area (Å²) in [6.45, 7) is 5.81. The first-order valence-electron chi connectivity index (χ1n) is 4.29. The standard InChI is InChI=1S/C9H17NO/c1-7-3-5-9(6-4-7)11-8(2)10/h7,9H,2-6,10H2,1H3. The summed E-state index contributed by atoms with van der Waals surface area (Å²) in [6.07, 6.45) is 5.13. The Morgan fingerprint density at radius 1 is 1.36 bits per heavy atom. The predicted octanol–water partition coefficient (Wildman–Crippen LogP) is 2.01. The monoisotopic (exact) mass is 155 g/mol. The molecule has 0 spiro atoms. The van der Waals surface area contributed by atoms with Crippen molar-refractivity contribution in [1.82, 2.24) is 0 Å². The van der Waals surface area contributed by atoms with Crippen molar-refractivity contribution in [2.45, 2.75) is 38.7 Å². The summed E-state index contributed by atoms with van der Waals surface area (Å²) >= 11 is 0. The van der Waals surface area contributed by atoms with Crippen molar-refractivity contribution in [1.29, 1.82) is 0 Å². The molecule has 0 aromatic rings. The lowest BCUT2D eigenvalue weighted by molar-refractivity contribution is 0.0694. The Labute approximate surface area is 68.4 Å². The van der Waals surface area contributed by atoms with E-state index in [0.29, 0.717) is 12.0 Å². The molecule has 2 N–H and O–H groups in total. The molecule has 1 rings (SSSR count). The van der Waals surface area contributed by atoms with E-state index >= 15 is 0 Å². The van der Waals surface area contributed by atoms with Gasteiger partial charge in [-0.25, -0.2) is 0 Å². The van der Waals surface area contributed by atoms with E-state index in [1.807, 2.05) is 0 Å². The third-order valence-electron chi connectivity index (χ3n) is 2.28. The van der Waals surface area contributed by atoms with Gasteiger partial charge in [0.15, 0.2) is 5.88 Å². The second-order valence-electron chi connectivity index (χ2n) is 3.47. The van der Waals surface area contributed by atoms with Gasteiger partial charge in [0.25, 0.3) is 0 Å². The Kier molecular flexibility index (Phi) is 2.80. The van der Waals surface area contributed by atoms with Gasteiger partial charge in [0, 0.05) is 0 Å². The van der Waals surface area contributed by atoms with Crippen LogP contribution in [-0.4, -0.2) is 6.10 Å². The SMILES string of the molecule is C=C(N)OC1CCC(C)CC1. The molecule has 64 valence electrons. The number of nitrogens with two attached hydrogens (primary N) is 1. The first-order chi connectivity index (χ1) is 5.18. The molecule has 0 heterocycles. The van der Waals surface area contributed by atoms with Crippen molar-refractivity contribution < 1.29 is 4.74 Å². The molecule has 2 nitrogen and oxygen atoms in total. The van der Waals surface area contributed by atoms with Gasteiger partial charge in [-0.1, -0.05) is 6.92 Å². The Balaban J connectivity index is 2.22. The first kappa shape index (κ1) is 8.44. The van der Waals surface area contributed by atoms with Crippen LogP contribution in [0.25, 0.3) is 0 Å². The molecular weight excluding hydrogens is 138 g/mol. The van der Waals surface area contributed by atoms with E-state index in [-0.39, 0.29) is 0 Å². The normalized spacial score (nSPS) is 31.4. The van der Waals surface area contributed by atoms with Crippen LogP contribution in [0.4, 0.5) is 0 Å². The maximum absolute atomic E-state index is 5.34. The molecule has 1 fully saturated rings. The highest BCUT2D eigenvalue weighted by Crippen LogP contribution is 2.25. The molecular formula is C9H17NO. The minimum Gasteiger partial charge on any atom is -0.477 e. The van der Waals surface area contributed by atoms with E-state index in [1.165, 1.54) is 12.8 Å². The second kappa shape index (κ2) is 3.65. The molecule has 2 heteroatoms. The smallest absolute Gasteiger partial charge is 0.176 e. The third-order valence-corrected chi connectivity index (χ3v) is 2.28. The molecule has 0 atom stereocenters. The summed E-state index contributed by atoms with van der Waals surface area (Å²) in [5.41, 5.74) is 5.34. The highest BCUT2D eigenvalue weighted by Gasteiger charge is 2.18. The average molecular weight is 155 g/mol. The molecule has 0 aromatic heterocycles. The van der Waals surface area contributed by atoms with E-state index in [0.717, 1.165) is 18.8 Å². The van der Waals surface area contributed by atoms with Gasteiger partial charge in [-0.05, 0) is 38.2 Å². The molecule has 0 saturated heterocycles. The maximum Gasteiger partial charge on any atom is 0.176 e. The molecule has 1 aliphatic carbocycles. The Morgan fingerprint density at radius 3 is 2.36 bits per heavy atom. The van der Waals surface area contributed by atoms with Crippen LogP contribution in [0, 0.1) is 5.92 Å². The summed E-state index contributed by atoms with van der Waals surface area (Å²) in [7, 11) is 0. The zero-order valence-electron chi connectivity index (χ0n) is 7.18. The first-order valence-corrected chi connectivity index (χ1v) is 4.29. The quantitative estimate of drug-likeness (QED) is 0.619. The summed E-state index contributed by atoms with van der Waals surface area (Å²) in [5.74, 6) is 1.23. The Morgan fingerprint density at radius 2 is 1.91 bits per heavy atom. The van der Waals surface area contributed by atoms with Crippen LogP contribution in [0.1, 0.15) is 32.6 Å². The molecule has 0 bridgehead atoms. The summed E-state index contributed by atoms with van der Waals surface area (Å²) in [5, 5.41) is 0. The fourth-order valence-electron chi connectivity index (χ4n) is 1.56. The number of rotatable bonds is 2. The maximum atomic E-state index is 5.34. The van der Waals surface area contributed by atoms with E-state index in [9.17, 15) is 0 Å². The second-order valence-corrected chi connectivity index (χ2v) is 3.47. The van der Waals surface area contributed by atoms with Gasteiger partial charge in [0.2, 0.25) is 0 Å². The van der Waals surface area contributed by atoms with Gasteiger partial charge in [0.1, 0.15) is 6.10 Å². The van der Waals surface area contributed by atoms with Crippen molar-refractivity contribution in [2.75, 3.05) is 0 Å². The Hall–Kier alpha value is -0.660. The van der Waals surface area contributed by atoms with Crippen molar-refractivity contribution in [3.63, 3.8) is 0 Å². The van der Waals surface area contributed by atoms with Gasteiger partial charge in [-0.3, -0.25) is 0 Å². The summed E-state index contributed by atoms with van der Waals surface area (Å²) in [4.78, 5) is 0. The summed E-state index contributed by atoms with van der Waals surface area (Å²) in [6, 6.07) is 0. The lowest BCUT2D eigenvalue weighted by Gasteiger charge is -2.26. The lowest BCUT2D eigenvalue weighted by Crippen LogP contribution is -2.21. The minimum absolute atomic E-state index is 0.337. The molecule has 1 saturated carbocycles. The summed E-state index contributed by atoms with van der Waals surface area (Å²) < 4.78 is 5.32. The molecule has 0 unspecified atom stereocenters. The highest BCUT2D eigenvalue weighted by atomic mass is 16.5. The van der Waals surface area contributed by atoms with E-state index in [4.69, 9.17) is 10.5 Å². The molecule has 11 heavy (non-hydrogen) atoms. The van der Waals surface area contributed by atoms with E-state index < -0.39 is 0 Å². The molecule has 0 radical (unpaired) electrons. The number of hydrogen-bond acceptors (Lipinski definition) is 2. The fourth-order valence-corrected chi connectivity index (χ4v) is 1.56. The largest absolute Gasteiger partial charge is 0.477 e. The van der Waals surface area contributed by atoms with Crippen LogP contribution in [0.5, 0.6) is 0 Å². The molecule has 0 amide bonds.